The van der Waals surface area contributed by atoms with E-state index in [1.807, 2.05) is 0 Å². The third kappa shape index (κ3) is 2.52. The Balaban J connectivity index is 3.36. The van der Waals surface area contributed by atoms with Gasteiger partial charge in [-0.15, -0.1) is 0 Å². The van der Waals surface area contributed by atoms with Gasteiger partial charge in [0, 0.05) is 6.04 Å². The first-order valence-corrected chi connectivity index (χ1v) is 6.36. The number of rotatable bonds is 4. The van der Waals surface area contributed by atoms with E-state index in [9.17, 15) is 0 Å². The van der Waals surface area contributed by atoms with Crippen LogP contribution in [0.1, 0.15) is 42.1 Å². The lowest BCUT2D eigenvalue weighted by atomic mass is 9.78. The van der Waals surface area contributed by atoms with Crippen LogP contribution in [0.3, 0.4) is 0 Å². The third-order valence-electron chi connectivity index (χ3n) is 3.97. The van der Waals surface area contributed by atoms with E-state index in [0.717, 1.165) is 16.9 Å². The second-order valence-electron chi connectivity index (χ2n) is 5.74. The highest BCUT2D eigenvalue weighted by Crippen LogP contribution is 2.37. The highest BCUT2D eigenvalue weighted by molar-refractivity contribution is 5.50. The van der Waals surface area contributed by atoms with Crippen molar-refractivity contribution in [3.05, 3.63) is 28.3 Å². The molecular formula is C15H26N2O. The van der Waals surface area contributed by atoms with E-state index < -0.39 is 0 Å². The lowest BCUT2D eigenvalue weighted by Gasteiger charge is -2.32. The van der Waals surface area contributed by atoms with E-state index >= 15 is 0 Å². The lowest BCUT2D eigenvalue weighted by molar-refractivity contribution is 0.300. The van der Waals surface area contributed by atoms with Crippen LogP contribution in [0.2, 0.25) is 0 Å². The van der Waals surface area contributed by atoms with Crippen molar-refractivity contribution >= 4 is 0 Å². The predicted molar refractivity (Wildman–Crippen MR) is 77.0 cm³/mol. The fourth-order valence-corrected chi connectivity index (χ4v) is 2.27. The van der Waals surface area contributed by atoms with E-state index in [1.165, 1.54) is 11.1 Å². The van der Waals surface area contributed by atoms with Crippen LogP contribution in [-0.2, 0) is 0 Å². The van der Waals surface area contributed by atoms with Crippen LogP contribution in [0.5, 0.6) is 5.75 Å². The summed E-state index contributed by atoms with van der Waals surface area (Å²) in [7, 11) is 1.71. The highest BCUT2D eigenvalue weighted by atomic mass is 16.5. The van der Waals surface area contributed by atoms with Gasteiger partial charge in [0.25, 0.3) is 0 Å². The molecule has 0 radical (unpaired) electrons. The molecule has 1 atom stereocenters. The van der Waals surface area contributed by atoms with Gasteiger partial charge in [0.05, 0.1) is 7.11 Å². The Morgan fingerprint density at radius 2 is 1.78 bits per heavy atom. The summed E-state index contributed by atoms with van der Waals surface area (Å²) in [6.45, 7) is 11.0. The molecule has 0 aliphatic heterocycles. The number of aryl methyl sites for hydroxylation is 1. The van der Waals surface area contributed by atoms with Crippen molar-refractivity contribution < 1.29 is 4.74 Å². The lowest BCUT2D eigenvalue weighted by Crippen LogP contribution is -2.36. The Kier molecular flexibility index (Phi) is 4.41. The summed E-state index contributed by atoms with van der Waals surface area (Å²) in [5, 5.41) is 0. The number of methoxy groups -OCH3 is 1. The first-order valence-electron chi connectivity index (χ1n) is 6.36. The van der Waals surface area contributed by atoms with Crippen molar-refractivity contribution in [2.45, 2.75) is 40.7 Å². The van der Waals surface area contributed by atoms with Crippen LogP contribution in [0.15, 0.2) is 6.07 Å². The zero-order valence-corrected chi connectivity index (χ0v) is 12.4. The van der Waals surface area contributed by atoms with Crippen molar-refractivity contribution in [3.8, 4) is 5.75 Å². The number of benzene rings is 1. The summed E-state index contributed by atoms with van der Waals surface area (Å²) in [5.74, 6) is 0.953. The summed E-state index contributed by atoms with van der Waals surface area (Å²) in [4.78, 5) is 0. The van der Waals surface area contributed by atoms with Gasteiger partial charge < -0.3 is 16.2 Å². The molecule has 1 aromatic carbocycles. The molecule has 3 heteroatoms. The predicted octanol–water partition coefficient (Wildman–Crippen LogP) is 2.61. The average Bonchev–Trinajstić information content (AvgIpc) is 2.33. The van der Waals surface area contributed by atoms with Gasteiger partial charge in [0.2, 0.25) is 0 Å². The Morgan fingerprint density at radius 3 is 2.22 bits per heavy atom. The molecule has 0 saturated heterocycles. The van der Waals surface area contributed by atoms with Gasteiger partial charge in [0.1, 0.15) is 5.75 Å². The van der Waals surface area contributed by atoms with Crippen molar-refractivity contribution in [2.24, 2.45) is 16.9 Å². The standard InChI is InChI=1S/C15H26N2O/c1-9-7-12(14(17)15(4,5)8-16)10(2)11(3)13(9)18-6/h7,14H,8,16-17H2,1-6H3. The number of ether oxygens (including phenoxy) is 1. The molecule has 0 heterocycles. The van der Waals surface area contributed by atoms with Gasteiger partial charge in [0.15, 0.2) is 0 Å². The second kappa shape index (κ2) is 5.29. The SMILES string of the molecule is COc1c(C)cc(C(N)C(C)(C)CN)c(C)c1C. The molecule has 0 saturated carbocycles. The first kappa shape index (κ1) is 15.0. The summed E-state index contributed by atoms with van der Waals surface area (Å²) >= 11 is 0. The van der Waals surface area contributed by atoms with Crippen LogP contribution in [-0.4, -0.2) is 13.7 Å². The molecular weight excluding hydrogens is 224 g/mol. The van der Waals surface area contributed by atoms with Gasteiger partial charge in [-0.1, -0.05) is 19.9 Å². The molecule has 1 aromatic rings. The van der Waals surface area contributed by atoms with Gasteiger partial charge >= 0.3 is 0 Å². The topological polar surface area (TPSA) is 61.3 Å². The largest absolute Gasteiger partial charge is 0.496 e. The van der Waals surface area contributed by atoms with Gasteiger partial charge in [-0.25, -0.2) is 0 Å². The fourth-order valence-electron chi connectivity index (χ4n) is 2.27. The van der Waals surface area contributed by atoms with E-state index in [-0.39, 0.29) is 11.5 Å². The molecule has 0 bridgehead atoms. The smallest absolute Gasteiger partial charge is 0.124 e. The second-order valence-corrected chi connectivity index (χ2v) is 5.74. The maximum atomic E-state index is 6.39. The zero-order valence-electron chi connectivity index (χ0n) is 12.4. The molecule has 1 unspecified atom stereocenters. The van der Waals surface area contributed by atoms with Crippen LogP contribution in [0, 0.1) is 26.2 Å². The van der Waals surface area contributed by atoms with Crippen LogP contribution in [0.4, 0.5) is 0 Å². The molecule has 1 rings (SSSR count). The summed E-state index contributed by atoms with van der Waals surface area (Å²) in [6, 6.07) is 2.06. The zero-order chi connectivity index (χ0) is 14.1. The number of nitrogens with two attached hydrogens (primary N) is 2. The monoisotopic (exact) mass is 250 g/mol. The van der Waals surface area contributed by atoms with E-state index in [4.69, 9.17) is 16.2 Å². The molecule has 0 fully saturated rings. The molecule has 0 amide bonds. The molecule has 102 valence electrons. The van der Waals surface area contributed by atoms with Crippen molar-refractivity contribution in [3.63, 3.8) is 0 Å². The van der Waals surface area contributed by atoms with Crippen molar-refractivity contribution in [2.75, 3.05) is 13.7 Å². The third-order valence-corrected chi connectivity index (χ3v) is 3.97. The van der Waals surface area contributed by atoms with Gasteiger partial charge in [-0.3, -0.25) is 0 Å². The Labute approximate surface area is 111 Å². The minimum Gasteiger partial charge on any atom is -0.496 e. The van der Waals surface area contributed by atoms with Crippen LogP contribution in [0.25, 0.3) is 0 Å². The fraction of sp³-hybridized carbons (Fsp3) is 0.600. The normalized spacial score (nSPS) is 13.6. The maximum Gasteiger partial charge on any atom is 0.124 e. The van der Waals surface area contributed by atoms with E-state index in [1.54, 1.807) is 7.11 Å². The molecule has 0 aliphatic rings. The molecule has 4 N–H and O–H groups in total. The molecule has 0 aliphatic carbocycles. The Hall–Kier alpha value is -1.06. The maximum absolute atomic E-state index is 6.39. The molecule has 0 spiro atoms. The first-order chi connectivity index (χ1) is 8.26. The Morgan fingerprint density at radius 1 is 1.22 bits per heavy atom. The van der Waals surface area contributed by atoms with E-state index in [0.29, 0.717) is 6.54 Å². The summed E-state index contributed by atoms with van der Waals surface area (Å²) in [5.41, 5.74) is 16.8. The summed E-state index contributed by atoms with van der Waals surface area (Å²) in [6.07, 6.45) is 0. The Bertz CT molecular complexity index is 439. The quantitative estimate of drug-likeness (QED) is 0.863. The minimum absolute atomic E-state index is 0.0641. The number of hydrogen-bond acceptors (Lipinski definition) is 3. The van der Waals surface area contributed by atoms with Gasteiger partial charge in [-0.05, 0) is 55.0 Å². The van der Waals surface area contributed by atoms with Crippen molar-refractivity contribution in [1.29, 1.82) is 0 Å². The van der Waals surface area contributed by atoms with Crippen LogP contribution < -0.4 is 16.2 Å². The van der Waals surface area contributed by atoms with Crippen molar-refractivity contribution in [1.82, 2.24) is 0 Å². The van der Waals surface area contributed by atoms with Crippen LogP contribution >= 0.6 is 0 Å². The average molecular weight is 250 g/mol. The summed E-state index contributed by atoms with van der Waals surface area (Å²) < 4.78 is 5.44. The minimum atomic E-state index is -0.113. The van der Waals surface area contributed by atoms with E-state index in [2.05, 4.69) is 40.7 Å². The number of hydrogen-bond donors (Lipinski definition) is 2. The molecule has 0 aromatic heterocycles. The highest BCUT2D eigenvalue weighted by Gasteiger charge is 2.28. The molecule has 3 nitrogen and oxygen atoms in total. The molecule has 18 heavy (non-hydrogen) atoms. The van der Waals surface area contributed by atoms with Gasteiger partial charge in [-0.2, -0.15) is 0 Å².